The van der Waals surface area contributed by atoms with E-state index in [4.69, 9.17) is 42.1 Å². The SMILES string of the molecule is CCOC(=O)C1=C(COCc2cc(OC(C)C)nc(C)n2)NC(C)=C(C(=O)OC)C1c1cccc(Cl)c1Cl. The highest BCUT2D eigenvalue weighted by Crippen LogP contribution is 2.43. The molecule has 2 aromatic rings. The molecule has 1 atom stereocenters. The van der Waals surface area contributed by atoms with E-state index in [0.717, 1.165) is 0 Å². The minimum absolute atomic E-state index is 0.0158. The number of aryl methyl sites for hydroxylation is 1. The summed E-state index contributed by atoms with van der Waals surface area (Å²) in [6, 6.07) is 6.74. The molecule has 1 unspecified atom stereocenters. The van der Waals surface area contributed by atoms with E-state index < -0.39 is 17.9 Å². The number of esters is 2. The largest absolute Gasteiger partial charge is 0.475 e. The number of nitrogens with zero attached hydrogens (tertiary/aromatic N) is 2. The van der Waals surface area contributed by atoms with Gasteiger partial charge >= 0.3 is 11.9 Å². The highest BCUT2D eigenvalue weighted by molar-refractivity contribution is 6.42. The summed E-state index contributed by atoms with van der Waals surface area (Å²) in [5.41, 5.74) is 2.35. The van der Waals surface area contributed by atoms with Crippen molar-refractivity contribution in [1.82, 2.24) is 15.3 Å². The summed E-state index contributed by atoms with van der Waals surface area (Å²) >= 11 is 12.9. The number of benzene rings is 1. The zero-order chi connectivity index (χ0) is 28.0. The molecule has 0 saturated heterocycles. The molecule has 0 spiro atoms. The van der Waals surface area contributed by atoms with Gasteiger partial charge in [0, 0.05) is 11.8 Å². The monoisotopic (exact) mass is 563 g/mol. The highest BCUT2D eigenvalue weighted by atomic mass is 35.5. The number of carbonyl (C=O) groups excluding carboxylic acids is 2. The Morgan fingerprint density at radius 2 is 1.82 bits per heavy atom. The Bertz CT molecular complexity index is 1280. The van der Waals surface area contributed by atoms with E-state index in [2.05, 4.69) is 15.3 Å². The van der Waals surface area contributed by atoms with E-state index in [1.165, 1.54) is 7.11 Å². The number of halogens is 2. The normalized spacial score (nSPS) is 15.4. The van der Waals surface area contributed by atoms with Crippen LogP contribution in [0.4, 0.5) is 0 Å². The third-order valence-electron chi connectivity index (χ3n) is 5.56. The van der Waals surface area contributed by atoms with Gasteiger partial charge in [-0.3, -0.25) is 0 Å². The molecule has 38 heavy (non-hydrogen) atoms. The number of aromatic nitrogens is 2. The second kappa shape index (κ2) is 13.1. The average molecular weight is 564 g/mol. The zero-order valence-corrected chi connectivity index (χ0v) is 23.7. The lowest BCUT2D eigenvalue weighted by atomic mass is 9.80. The van der Waals surface area contributed by atoms with Crippen LogP contribution in [0.2, 0.25) is 10.0 Å². The van der Waals surface area contributed by atoms with Gasteiger partial charge in [-0.1, -0.05) is 35.3 Å². The summed E-state index contributed by atoms with van der Waals surface area (Å²) in [6.45, 7) is 9.22. The number of carbonyl (C=O) groups is 2. The van der Waals surface area contributed by atoms with Crippen LogP contribution in [0.3, 0.4) is 0 Å². The van der Waals surface area contributed by atoms with Crippen LogP contribution in [0.25, 0.3) is 0 Å². The predicted octanol–water partition coefficient (Wildman–Crippen LogP) is 5.05. The lowest BCUT2D eigenvalue weighted by Gasteiger charge is -2.31. The minimum Gasteiger partial charge on any atom is -0.475 e. The molecule has 9 nitrogen and oxygen atoms in total. The smallest absolute Gasteiger partial charge is 0.336 e. The molecule has 3 rings (SSSR count). The topological polar surface area (TPSA) is 109 Å². The maximum absolute atomic E-state index is 13.3. The fraction of sp³-hybridized carbons (Fsp3) is 0.407. The maximum atomic E-state index is 13.3. The van der Waals surface area contributed by atoms with Gasteiger partial charge in [0.1, 0.15) is 5.82 Å². The summed E-state index contributed by atoms with van der Waals surface area (Å²) in [5, 5.41) is 3.64. The molecule has 0 amide bonds. The molecule has 1 N–H and O–H groups in total. The number of nitrogens with one attached hydrogen (secondary N) is 1. The molecular formula is C27H31Cl2N3O6. The molecule has 0 aliphatic carbocycles. The van der Waals surface area contributed by atoms with Gasteiger partial charge in [0.25, 0.3) is 0 Å². The van der Waals surface area contributed by atoms with E-state index in [1.807, 2.05) is 13.8 Å². The summed E-state index contributed by atoms with van der Waals surface area (Å²) in [5.74, 6) is -1.16. The van der Waals surface area contributed by atoms with Crippen LogP contribution < -0.4 is 10.1 Å². The molecule has 1 aromatic heterocycles. The number of methoxy groups -OCH3 is 1. The molecule has 204 valence electrons. The van der Waals surface area contributed by atoms with Crippen LogP contribution in [0.5, 0.6) is 5.88 Å². The third-order valence-corrected chi connectivity index (χ3v) is 6.39. The van der Waals surface area contributed by atoms with Crippen molar-refractivity contribution in [2.24, 2.45) is 0 Å². The minimum atomic E-state index is -0.903. The molecule has 1 aromatic carbocycles. The second-order valence-electron chi connectivity index (χ2n) is 8.75. The van der Waals surface area contributed by atoms with E-state index in [0.29, 0.717) is 34.4 Å². The number of hydrogen-bond acceptors (Lipinski definition) is 9. The van der Waals surface area contributed by atoms with Crippen LogP contribution in [-0.2, 0) is 30.4 Å². The zero-order valence-electron chi connectivity index (χ0n) is 22.2. The van der Waals surface area contributed by atoms with Gasteiger partial charge in [-0.05, 0) is 46.2 Å². The molecule has 2 heterocycles. The quantitative estimate of drug-likeness (QED) is 0.397. The Labute approximate surface area is 232 Å². The van der Waals surface area contributed by atoms with Crippen molar-refractivity contribution in [3.63, 3.8) is 0 Å². The first kappa shape index (κ1) is 29.4. The Hall–Kier alpha value is -3.14. The molecule has 0 bridgehead atoms. The number of hydrogen-bond donors (Lipinski definition) is 1. The van der Waals surface area contributed by atoms with Crippen LogP contribution in [0.1, 0.15) is 50.7 Å². The summed E-state index contributed by atoms with van der Waals surface area (Å²) < 4.78 is 22.1. The molecule has 11 heteroatoms. The summed E-state index contributed by atoms with van der Waals surface area (Å²) in [7, 11) is 1.27. The molecule has 0 saturated carbocycles. The molecule has 0 radical (unpaired) electrons. The van der Waals surface area contributed by atoms with Crippen molar-refractivity contribution >= 4 is 35.1 Å². The average Bonchev–Trinajstić information content (AvgIpc) is 2.84. The van der Waals surface area contributed by atoms with Crippen molar-refractivity contribution in [2.75, 3.05) is 20.3 Å². The van der Waals surface area contributed by atoms with Crippen molar-refractivity contribution < 1.29 is 28.5 Å². The highest BCUT2D eigenvalue weighted by Gasteiger charge is 2.40. The second-order valence-corrected chi connectivity index (χ2v) is 9.53. The molecular weight excluding hydrogens is 533 g/mol. The Kier molecular flexibility index (Phi) is 10.1. The van der Waals surface area contributed by atoms with E-state index in [9.17, 15) is 9.59 Å². The first-order valence-corrected chi connectivity index (χ1v) is 12.8. The van der Waals surface area contributed by atoms with Crippen LogP contribution >= 0.6 is 23.2 Å². The van der Waals surface area contributed by atoms with Crippen LogP contribution in [0, 0.1) is 6.92 Å². The summed E-state index contributed by atoms with van der Waals surface area (Å²) in [4.78, 5) is 34.9. The Balaban J connectivity index is 2.03. The van der Waals surface area contributed by atoms with Gasteiger partial charge in [-0.2, -0.15) is 4.98 Å². The first-order chi connectivity index (χ1) is 18.1. The van der Waals surface area contributed by atoms with Crippen molar-refractivity contribution in [2.45, 2.75) is 53.2 Å². The lowest BCUT2D eigenvalue weighted by molar-refractivity contribution is -0.139. The standard InChI is InChI=1S/C27H31Cl2N3O6/c1-7-37-27(34)24-20(13-36-12-17-11-21(38-14(2)3)32-16(5)31-17)30-15(4)22(26(33)35-6)23(24)18-9-8-10-19(28)25(18)29/h8-11,14,23,30H,7,12-13H2,1-6H3. The first-order valence-electron chi connectivity index (χ1n) is 12.1. The Morgan fingerprint density at radius 3 is 2.47 bits per heavy atom. The maximum Gasteiger partial charge on any atom is 0.336 e. The van der Waals surface area contributed by atoms with Gasteiger partial charge in [0.15, 0.2) is 0 Å². The van der Waals surface area contributed by atoms with E-state index >= 15 is 0 Å². The molecule has 1 aliphatic heterocycles. The van der Waals surface area contributed by atoms with Gasteiger partial charge in [-0.25, -0.2) is 14.6 Å². The van der Waals surface area contributed by atoms with Crippen molar-refractivity contribution in [3.8, 4) is 5.88 Å². The fourth-order valence-electron chi connectivity index (χ4n) is 4.13. The fourth-order valence-corrected chi connectivity index (χ4v) is 4.54. The number of rotatable bonds is 10. The Morgan fingerprint density at radius 1 is 1.08 bits per heavy atom. The predicted molar refractivity (Wildman–Crippen MR) is 143 cm³/mol. The third kappa shape index (κ3) is 6.83. The molecule has 1 aliphatic rings. The molecule has 0 fully saturated rings. The van der Waals surface area contributed by atoms with Gasteiger partial charge in [0.2, 0.25) is 5.88 Å². The number of dihydropyridines is 1. The van der Waals surface area contributed by atoms with Crippen LogP contribution in [-0.4, -0.2) is 48.3 Å². The van der Waals surface area contributed by atoms with Gasteiger partial charge < -0.3 is 24.3 Å². The van der Waals surface area contributed by atoms with Crippen LogP contribution in [0.15, 0.2) is 46.8 Å². The van der Waals surface area contributed by atoms with Crippen molar-refractivity contribution in [3.05, 3.63) is 73.9 Å². The van der Waals surface area contributed by atoms with Crippen molar-refractivity contribution in [1.29, 1.82) is 0 Å². The summed E-state index contributed by atoms with van der Waals surface area (Å²) in [6.07, 6.45) is -0.0455. The number of ether oxygens (including phenoxy) is 4. The van der Waals surface area contributed by atoms with E-state index in [1.54, 1.807) is 45.0 Å². The lowest BCUT2D eigenvalue weighted by Crippen LogP contribution is -2.34. The van der Waals surface area contributed by atoms with Gasteiger partial charge in [-0.15, -0.1) is 0 Å². The van der Waals surface area contributed by atoms with Gasteiger partial charge in [0.05, 0.1) is 71.5 Å². The van der Waals surface area contributed by atoms with E-state index in [-0.39, 0.29) is 47.1 Å². The number of allylic oxidation sites excluding steroid dienone is 1.